The van der Waals surface area contributed by atoms with E-state index in [4.69, 9.17) is 23.9 Å². The second-order valence-electron chi connectivity index (χ2n) is 5.53. The van der Waals surface area contributed by atoms with Crippen molar-refractivity contribution in [3.63, 3.8) is 0 Å². The van der Waals surface area contributed by atoms with Crippen LogP contribution in [0.4, 0.5) is 0 Å². The van der Waals surface area contributed by atoms with Gasteiger partial charge in [0.2, 0.25) is 11.1 Å². The molecule has 7 nitrogen and oxygen atoms in total. The van der Waals surface area contributed by atoms with Gasteiger partial charge in [0.15, 0.2) is 0 Å². The summed E-state index contributed by atoms with van der Waals surface area (Å²) in [5.74, 6) is 0.0233. The van der Waals surface area contributed by atoms with E-state index in [1.54, 1.807) is 0 Å². The predicted molar refractivity (Wildman–Crippen MR) is 50.1 cm³/mol. The monoisotopic (exact) mass is 280 g/mol. The summed E-state index contributed by atoms with van der Waals surface area (Å²) < 4.78 is 35.1. The van der Waals surface area contributed by atoms with Crippen LogP contribution in [0.3, 0.4) is 0 Å². The number of nitrogens with zero attached hydrogens (tertiary/aromatic N) is 2. The Morgan fingerprint density at radius 1 is 1.11 bits per heavy atom. The van der Waals surface area contributed by atoms with E-state index in [0.717, 1.165) is 4.76 Å². The molecule has 1 aliphatic heterocycles. The number of rotatable bonds is 0. The van der Waals surface area contributed by atoms with Gasteiger partial charge in [0.25, 0.3) is 0 Å². The molecule has 0 aromatic carbocycles. The van der Waals surface area contributed by atoms with E-state index in [2.05, 4.69) is 6.07 Å². The van der Waals surface area contributed by atoms with Crippen LogP contribution in [0.2, 0.25) is 0 Å². The van der Waals surface area contributed by atoms with Gasteiger partial charge >= 0.3 is 0 Å². The third-order valence-electron chi connectivity index (χ3n) is 2.77. The van der Waals surface area contributed by atoms with Gasteiger partial charge in [0, 0.05) is 50.2 Å². The summed E-state index contributed by atoms with van der Waals surface area (Å²) in [6, 6.07) is 2.27. The number of hydrogen-bond acceptors (Lipinski definition) is 6. The Balaban J connectivity index is 0.000000494. The normalized spacial score (nSPS) is 22.7. The SMILES string of the molecule is CC1(C)CC(C#N)CC(C)(C)[N+]1=O.[O-][Cl+3]([O-])([O-])[O-]. The van der Waals surface area contributed by atoms with Crippen molar-refractivity contribution in [2.45, 2.75) is 51.6 Å². The van der Waals surface area contributed by atoms with Crippen LogP contribution in [-0.4, -0.2) is 15.8 Å². The predicted octanol–water partition coefficient (Wildman–Crippen LogP) is -2.50. The zero-order chi connectivity index (χ0) is 14.8. The van der Waals surface area contributed by atoms with E-state index >= 15 is 0 Å². The third kappa shape index (κ3) is 5.71. The molecule has 0 aromatic rings. The van der Waals surface area contributed by atoms with Gasteiger partial charge < -0.3 is 0 Å². The summed E-state index contributed by atoms with van der Waals surface area (Å²) in [4.78, 5) is 11.8. The van der Waals surface area contributed by atoms with E-state index in [1.165, 1.54) is 0 Å². The highest BCUT2D eigenvalue weighted by atomic mass is 35.7. The van der Waals surface area contributed by atoms with Crippen LogP contribution in [0, 0.1) is 32.4 Å². The van der Waals surface area contributed by atoms with Gasteiger partial charge in [0.1, 0.15) is 0 Å². The highest BCUT2D eigenvalue weighted by Gasteiger charge is 2.53. The molecule has 0 radical (unpaired) electrons. The minimum atomic E-state index is -4.94. The van der Waals surface area contributed by atoms with Crippen LogP contribution in [0.5, 0.6) is 0 Å². The van der Waals surface area contributed by atoms with Crippen molar-refractivity contribution in [3.8, 4) is 6.07 Å². The molecule has 1 rings (SSSR count). The standard InChI is InChI=1S/C10H17N2O.ClHO4/c1-9(2)5-8(7-11)6-10(3,4)12(9)13;2-1(3,4)5/h8H,5-6H2,1-4H3;(H,2,3,4,5)/q+1;/p-1. The Kier molecular flexibility index (Phi) is 5.23. The third-order valence-corrected chi connectivity index (χ3v) is 2.77. The maximum Gasteiger partial charge on any atom is 0.207 e. The Morgan fingerprint density at radius 2 is 1.39 bits per heavy atom. The molecule has 0 atom stereocenters. The minimum Gasteiger partial charge on any atom is -0.222 e. The van der Waals surface area contributed by atoms with Crippen molar-refractivity contribution in [1.82, 2.24) is 0 Å². The van der Waals surface area contributed by atoms with Crippen LogP contribution in [0.15, 0.2) is 0 Å². The van der Waals surface area contributed by atoms with Crippen molar-refractivity contribution in [3.05, 3.63) is 4.91 Å². The van der Waals surface area contributed by atoms with E-state index in [0.29, 0.717) is 12.8 Å². The van der Waals surface area contributed by atoms with Gasteiger partial charge in [-0.05, 0) is 0 Å². The van der Waals surface area contributed by atoms with Gasteiger partial charge in [-0.25, -0.2) is 18.6 Å². The Morgan fingerprint density at radius 3 is 1.61 bits per heavy atom. The number of hydrogen-bond donors (Lipinski definition) is 0. The first kappa shape index (κ1) is 17.2. The summed E-state index contributed by atoms with van der Waals surface area (Å²) in [6.07, 6.45) is 1.35. The van der Waals surface area contributed by atoms with Crippen molar-refractivity contribution in [2.75, 3.05) is 0 Å². The summed E-state index contributed by atoms with van der Waals surface area (Å²) in [7, 11) is -4.94. The van der Waals surface area contributed by atoms with E-state index in [-0.39, 0.29) is 5.92 Å². The number of nitroso groups, excluding NO2 is 1. The molecule has 104 valence electrons. The van der Waals surface area contributed by atoms with Gasteiger partial charge in [-0.15, -0.1) is 10.2 Å². The average Bonchev–Trinajstić information content (AvgIpc) is 2.10. The quantitative estimate of drug-likeness (QED) is 0.450. The Hall–Kier alpha value is -0.780. The zero-order valence-electron chi connectivity index (χ0n) is 10.8. The van der Waals surface area contributed by atoms with Crippen molar-refractivity contribution >= 4 is 0 Å². The fourth-order valence-electron chi connectivity index (χ4n) is 2.35. The van der Waals surface area contributed by atoms with Crippen LogP contribution < -0.4 is 18.6 Å². The molecule has 0 bridgehead atoms. The molecular weight excluding hydrogens is 264 g/mol. The van der Waals surface area contributed by atoms with Gasteiger partial charge in [-0.1, -0.05) is 0 Å². The lowest BCUT2D eigenvalue weighted by Crippen LogP contribution is -2.68. The molecule has 0 amide bonds. The topological polar surface area (TPSA) is 136 Å². The summed E-state index contributed by atoms with van der Waals surface area (Å²) in [5.41, 5.74) is -0.801. The molecule has 1 fully saturated rings. The number of nitriles is 1. The molecule has 0 aliphatic carbocycles. The summed E-state index contributed by atoms with van der Waals surface area (Å²) >= 11 is 0. The molecule has 1 saturated heterocycles. The molecule has 8 heteroatoms. The first-order valence-corrected chi connectivity index (χ1v) is 6.52. The van der Waals surface area contributed by atoms with E-state index < -0.39 is 21.3 Å². The number of piperidine rings is 1. The summed E-state index contributed by atoms with van der Waals surface area (Å²) in [6.45, 7) is 7.63. The molecule has 0 N–H and O–H groups in total. The highest BCUT2D eigenvalue weighted by Crippen LogP contribution is 2.37. The molecule has 18 heavy (non-hydrogen) atoms. The minimum absolute atomic E-state index is 0.0233. The molecule has 0 spiro atoms. The van der Waals surface area contributed by atoms with Gasteiger partial charge in [0.05, 0.1) is 12.0 Å². The fraction of sp³-hybridized carbons (Fsp3) is 0.900. The number of halogens is 1. The fourth-order valence-corrected chi connectivity index (χ4v) is 2.35. The maximum absolute atomic E-state index is 11.8. The van der Waals surface area contributed by atoms with Gasteiger partial charge in [-0.3, -0.25) is 0 Å². The first-order valence-electron chi connectivity index (χ1n) is 5.28. The van der Waals surface area contributed by atoms with E-state index in [1.807, 2.05) is 27.7 Å². The van der Waals surface area contributed by atoms with Crippen LogP contribution in [0.1, 0.15) is 40.5 Å². The Bertz CT molecular complexity index is 330. The Labute approximate surface area is 108 Å². The molecular formula is C10H17ClN2O5. The lowest BCUT2D eigenvalue weighted by molar-refractivity contribution is -2.00. The second kappa shape index (κ2) is 5.47. The second-order valence-corrected chi connectivity index (χ2v) is 6.29. The molecule has 1 heterocycles. The molecule has 0 unspecified atom stereocenters. The molecule has 0 aromatic heterocycles. The van der Waals surface area contributed by atoms with Crippen LogP contribution in [-0.2, 0) is 0 Å². The molecule has 0 saturated carbocycles. The largest absolute Gasteiger partial charge is 0.222 e. The lowest BCUT2D eigenvalue weighted by Gasteiger charge is -2.33. The van der Waals surface area contributed by atoms with Gasteiger partial charge in [-0.2, -0.15) is 5.26 Å². The average molecular weight is 281 g/mol. The first-order chi connectivity index (χ1) is 7.79. The summed E-state index contributed by atoms with van der Waals surface area (Å²) in [5, 5.41) is 8.87. The molecule has 1 aliphatic rings. The maximum atomic E-state index is 11.8. The smallest absolute Gasteiger partial charge is 0.207 e. The zero-order valence-corrected chi connectivity index (χ0v) is 11.6. The van der Waals surface area contributed by atoms with Crippen molar-refractivity contribution in [2.24, 2.45) is 5.92 Å². The van der Waals surface area contributed by atoms with Crippen LogP contribution >= 0.6 is 0 Å². The van der Waals surface area contributed by atoms with Crippen molar-refractivity contribution in [1.29, 1.82) is 5.26 Å². The van der Waals surface area contributed by atoms with E-state index in [9.17, 15) is 4.91 Å². The lowest BCUT2D eigenvalue weighted by atomic mass is 9.76. The van der Waals surface area contributed by atoms with Crippen molar-refractivity contribution < 1.29 is 33.6 Å². The van der Waals surface area contributed by atoms with Crippen LogP contribution in [0.25, 0.3) is 0 Å². The highest BCUT2D eigenvalue weighted by molar-refractivity contribution is 4.95.